The molecule has 0 bridgehead atoms. The van der Waals surface area contributed by atoms with Crippen LogP contribution in [0.2, 0.25) is 0 Å². The Kier molecular flexibility index (Phi) is 4.33. The molecule has 0 unspecified atom stereocenters. The molecule has 1 heterocycles. The summed E-state index contributed by atoms with van der Waals surface area (Å²) in [5.74, 6) is 0.294. The first-order chi connectivity index (χ1) is 8.34. The fourth-order valence-corrected chi connectivity index (χ4v) is 1.55. The van der Waals surface area contributed by atoms with Crippen LogP contribution < -0.4 is 0 Å². The molecular weight excluding hydrogens is 216 g/mol. The highest BCUT2D eigenvalue weighted by atomic mass is 16.5. The van der Waals surface area contributed by atoms with Crippen molar-refractivity contribution in [1.29, 1.82) is 0 Å². The third-order valence-electron chi connectivity index (χ3n) is 2.65. The summed E-state index contributed by atoms with van der Waals surface area (Å²) in [5, 5.41) is 0. The van der Waals surface area contributed by atoms with Crippen molar-refractivity contribution < 1.29 is 14.3 Å². The Morgan fingerprint density at radius 2 is 2.12 bits per heavy atom. The summed E-state index contributed by atoms with van der Waals surface area (Å²) in [4.78, 5) is 11.4. The van der Waals surface area contributed by atoms with Crippen LogP contribution in [0.5, 0.6) is 0 Å². The Labute approximate surface area is 101 Å². The minimum Gasteiger partial charge on any atom is -0.458 e. The van der Waals surface area contributed by atoms with E-state index in [1.807, 2.05) is 36.4 Å². The SMILES string of the molecule is O=C(/C=C/CC1COC1)OCc1ccccc1. The molecule has 1 aliphatic heterocycles. The van der Waals surface area contributed by atoms with Crippen LogP contribution >= 0.6 is 0 Å². The first-order valence-corrected chi connectivity index (χ1v) is 5.79. The van der Waals surface area contributed by atoms with Crippen LogP contribution in [0, 0.1) is 5.92 Å². The summed E-state index contributed by atoms with van der Waals surface area (Å²) in [6, 6.07) is 9.66. The fraction of sp³-hybridized carbons (Fsp3) is 0.357. The van der Waals surface area contributed by atoms with Crippen LogP contribution in [0.1, 0.15) is 12.0 Å². The Morgan fingerprint density at radius 3 is 2.76 bits per heavy atom. The molecule has 1 aliphatic rings. The van der Waals surface area contributed by atoms with Gasteiger partial charge in [0.05, 0.1) is 13.2 Å². The lowest BCUT2D eigenvalue weighted by atomic mass is 10.0. The number of esters is 1. The lowest BCUT2D eigenvalue weighted by molar-refractivity contribution is -0.139. The topological polar surface area (TPSA) is 35.5 Å². The van der Waals surface area contributed by atoms with Gasteiger partial charge in [-0.15, -0.1) is 0 Å². The van der Waals surface area contributed by atoms with Gasteiger partial charge in [0, 0.05) is 12.0 Å². The van der Waals surface area contributed by atoms with Crippen LogP contribution in [0.25, 0.3) is 0 Å². The average molecular weight is 232 g/mol. The highest BCUT2D eigenvalue weighted by molar-refractivity contribution is 5.81. The van der Waals surface area contributed by atoms with Gasteiger partial charge >= 0.3 is 5.97 Å². The quantitative estimate of drug-likeness (QED) is 0.577. The molecular formula is C14H16O3. The van der Waals surface area contributed by atoms with Crippen LogP contribution in [0.15, 0.2) is 42.5 Å². The molecule has 0 spiro atoms. The van der Waals surface area contributed by atoms with Crippen molar-refractivity contribution in [3.63, 3.8) is 0 Å². The molecule has 0 N–H and O–H groups in total. The van der Waals surface area contributed by atoms with E-state index in [0.717, 1.165) is 25.2 Å². The molecule has 0 aromatic heterocycles. The van der Waals surface area contributed by atoms with Crippen molar-refractivity contribution in [3.05, 3.63) is 48.0 Å². The molecule has 2 rings (SSSR count). The molecule has 0 amide bonds. The summed E-state index contributed by atoms with van der Waals surface area (Å²) < 4.78 is 10.2. The van der Waals surface area contributed by atoms with Crippen molar-refractivity contribution in [2.45, 2.75) is 13.0 Å². The lowest BCUT2D eigenvalue weighted by Gasteiger charge is -2.24. The van der Waals surface area contributed by atoms with E-state index in [4.69, 9.17) is 9.47 Å². The van der Waals surface area contributed by atoms with E-state index in [9.17, 15) is 4.79 Å². The summed E-state index contributed by atoms with van der Waals surface area (Å²) in [7, 11) is 0. The first-order valence-electron chi connectivity index (χ1n) is 5.79. The van der Waals surface area contributed by atoms with Crippen molar-refractivity contribution in [1.82, 2.24) is 0 Å². The lowest BCUT2D eigenvalue weighted by Crippen LogP contribution is -2.26. The van der Waals surface area contributed by atoms with Gasteiger partial charge in [-0.3, -0.25) is 0 Å². The maximum atomic E-state index is 11.4. The molecule has 1 aromatic rings. The van der Waals surface area contributed by atoms with Crippen LogP contribution in [0.3, 0.4) is 0 Å². The molecule has 1 fully saturated rings. The zero-order chi connectivity index (χ0) is 11.9. The molecule has 3 nitrogen and oxygen atoms in total. The normalized spacial score (nSPS) is 15.8. The molecule has 1 saturated heterocycles. The summed E-state index contributed by atoms with van der Waals surface area (Å²) in [6.45, 7) is 1.95. The predicted molar refractivity (Wildman–Crippen MR) is 64.3 cm³/mol. The van der Waals surface area contributed by atoms with Crippen molar-refractivity contribution in [2.24, 2.45) is 5.92 Å². The van der Waals surface area contributed by atoms with Crippen LogP contribution in [-0.2, 0) is 20.9 Å². The number of carbonyl (C=O) groups excluding carboxylic acids is 1. The maximum absolute atomic E-state index is 11.4. The number of ether oxygens (including phenoxy) is 2. The Hall–Kier alpha value is -1.61. The van der Waals surface area contributed by atoms with E-state index in [-0.39, 0.29) is 5.97 Å². The van der Waals surface area contributed by atoms with Gasteiger partial charge in [-0.25, -0.2) is 4.79 Å². The molecule has 1 aromatic carbocycles. The van der Waals surface area contributed by atoms with Gasteiger partial charge in [-0.2, -0.15) is 0 Å². The highest BCUT2D eigenvalue weighted by Crippen LogP contribution is 2.14. The molecule has 0 saturated carbocycles. The zero-order valence-electron chi connectivity index (χ0n) is 9.67. The molecule has 0 radical (unpaired) electrons. The van der Waals surface area contributed by atoms with Crippen LogP contribution in [0.4, 0.5) is 0 Å². The minimum atomic E-state index is -0.283. The van der Waals surface area contributed by atoms with E-state index in [1.165, 1.54) is 6.08 Å². The number of carbonyl (C=O) groups is 1. The third kappa shape index (κ3) is 4.04. The van der Waals surface area contributed by atoms with Crippen molar-refractivity contribution in [3.8, 4) is 0 Å². The van der Waals surface area contributed by atoms with Crippen molar-refractivity contribution in [2.75, 3.05) is 13.2 Å². The second kappa shape index (κ2) is 6.21. The Balaban J connectivity index is 1.66. The molecule has 0 aliphatic carbocycles. The molecule has 0 atom stereocenters. The van der Waals surface area contributed by atoms with Gasteiger partial charge in [0.2, 0.25) is 0 Å². The van der Waals surface area contributed by atoms with Crippen LogP contribution in [-0.4, -0.2) is 19.2 Å². The molecule has 90 valence electrons. The third-order valence-corrected chi connectivity index (χ3v) is 2.65. The van der Waals surface area contributed by atoms with Gasteiger partial charge in [0.1, 0.15) is 6.61 Å². The van der Waals surface area contributed by atoms with E-state index in [2.05, 4.69) is 0 Å². The number of benzene rings is 1. The fourth-order valence-electron chi connectivity index (χ4n) is 1.55. The van der Waals surface area contributed by atoms with Gasteiger partial charge < -0.3 is 9.47 Å². The maximum Gasteiger partial charge on any atom is 0.330 e. The number of hydrogen-bond donors (Lipinski definition) is 0. The second-order valence-electron chi connectivity index (χ2n) is 4.13. The monoisotopic (exact) mass is 232 g/mol. The van der Waals surface area contributed by atoms with Gasteiger partial charge in [-0.1, -0.05) is 36.4 Å². The van der Waals surface area contributed by atoms with E-state index >= 15 is 0 Å². The summed E-state index contributed by atoms with van der Waals surface area (Å²) in [5.41, 5.74) is 1.00. The second-order valence-corrected chi connectivity index (χ2v) is 4.13. The van der Waals surface area contributed by atoms with Gasteiger partial charge in [0.15, 0.2) is 0 Å². The standard InChI is InChI=1S/C14H16O3/c15-14(8-4-7-13-9-16-10-13)17-11-12-5-2-1-3-6-12/h1-6,8,13H,7,9-11H2/b8-4+. The predicted octanol–water partition coefficient (Wildman–Crippen LogP) is 2.32. The molecule has 3 heteroatoms. The zero-order valence-corrected chi connectivity index (χ0v) is 9.67. The summed E-state index contributed by atoms with van der Waals surface area (Å²) in [6.07, 6.45) is 4.25. The number of rotatable bonds is 5. The van der Waals surface area contributed by atoms with E-state index < -0.39 is 0 Å². The Morgan fingerprint density at radius 1 is 1.35 bits per heavy atom. The van der Waals surface area contributed by atoms with Crippen molar-refractivity contribution >= 4 is 5.97 Å². The number of hydrogen-bond acceptors (Lipinski definition) is 3. The van der Waals surface area contributed by atoms with E-state index in [0.29, 0.717) is 12.5 Å². The summed E-state index contributed by atoms with van der Waals surface area (Å²) >= 11 is 0. The average Bonchev–Trinajstić information content (AvgIpc) is 2.31. The van der Waals surface area contributed by atoms with Gasteiger partial charge in [0.25, 0.3) is 0 Å². The Bertz CT molecular complexity index is 380. The highest BCUT2D eigenvalue weighted by Gasteiger charge is 2.16. The van der Waals surface area contributed by atoms with Gasteiger partial charge in [-0.05, 0) is 12.0 Å². The minimum absolute atomic E-state index is 0.283. The largest absolute Gasteiger partial charge is 0.458 e. The first kappa shape index (κ1) is 11.9. The molecule has 17 heavy (non-hydrogen) atoms. The van der Waals surface area contributed by atoms with E-state index in [1.54, 1.807) is 0 Å². The smallest absolute Gasteiger partial charge is 0.330 e. The number of allylic oxidation sites excluding steroid dienone is 1.